The van der Waals surface area contributed by atoms with Gasteiger partial charge in [0.1, 0.15) is 5.75 Å². The summed E-state index contributed by atoms with van der Waals surface area (Å²) in [4.78, 5) is 12.1. The Morgan fingerprint density at radius 2 is 1.92 bits per heavy atom. The first-order valence-corrected chi connectivity index (χ1v) is 8.63. The van der Waals surface area contributed by atoms with Crippen LogP contribution in [0.3, 0.4) is 0 Å². The number of nitrogens with one attached hydrogen (secondary N) is 1. The minimum Gasteiger partial charge on any atom is -0.497 e. The van der Waals surface area contributed by atoms with Gasteiger partial charge in [0, 0.05) is 28.7 Å². The van der Waals surface area contributed by atoms with E-state index >= 15 is 0 Å². The Morgan fingerprint density at radius 3 is 2.62 bits per heavy atom. The Bertz CT molecular complexity index is 924. The highest BCUT2D eigenvalue weighted by Crippen LogP contribution is 2.23. The molecule has 0 saturated heterocycles. The Labute approximate surface area is 153 Å². The van der Waals surface area contributed by atoms with Gasteiger partial charge in [-0.1, -0.05) is 30.3 Å². The van der Waals surface area contributed by atoms with E-state index in [1.165, 1.54) is 0 Å². The van der Waals surface area contributed by atoms with Crippen LogP contribution in [0.5, 0.6) is 5.75 Å². The molecule has 0 aliphatic heterocycles. The molecule has 0 atom stereocenters. The van der Waals surface area contributed by atoms with Crippen molar-refractivity contribution in [3.8, 4) is 5.75 Å². The van der Waals surface area contributed by atoms with Gasteiger partial charge >= 0.3 is 0 Å². The van der Waals surface area contributed by atoms with Crippen LogP contribution in [-0.2, 0) is 11.2 Å². The highest BCUT2D eigenvalue weighted by atomic mass is 16.5. The van der Waals surface area contributed by atoms with Gasteiger partial charge in [0.05, 0.1) is 19.7 Å². The molecule has 0 unspecified atom stereocenters. The number of carbonyl (C=O) groups excluding carboxylic acids is 1. The second-order valence-electron chi connectivity index (χ2n) is 6.42. The van der Waals surface area contributed by atoms with E-state index in [1.54, 1.807) is 13.3 Å². The summed E-state index contributed by atoms with van der Waals surface area (Å²) < 4.78 is 7.32. The molecule has 1 aromatic heterocycles. The summed E-state index contributed by atoms with van der Waals surface area (Å²) in [6, 6.07) is 16.0. The fourth-order valence-electron chi connectivity index (χ4n) is 2.90. The van der Waals surface area contributed by atoms with Crippen LogP contribution in [0.4, 0.5) is 0 Å². The van der Waals surface area contributed by atoms with Gasteiger partial charge in [-0.3, -0.25) is 4.79 Å². The molecule has 0 spiro atoms. The summed E-state index contributed by atoms with van der Waals surface area (Å²) in [7, 11) is 1.62. The first-order valence-electron chi connectivity index (χ1n) is 8.63. The van der Waals surface area contributed by atoms with Crippen molar-refractivity contribution in [3.05, 3.63) is 65.9 Å². The summed E-state index contributed by atoms with van der Waals surface area (Å²) >= 11 is 0. The molecule has 134 valence electrons. The minimum atomic E-state index is -0.154. The maximum absolute atomic E-state index is 12.1. The number of aromatic nitrogens is 1. The molecule has 1 N–H and O–H groups in total. The zero-order valence-corrected chi connectivity index (χ0v) is 15.3. The summed E-state index contributed by atoms with van der Waals surface area (Å²) in [6.07, 6.45) is 4.04. The van der Waals surface area contributed by atoms with Crippen molar-refractivity contribution < 1.29 is 9.53 Å². The topological polar surface area (TPSA) is 55.6 Å². The Morgan fingerprint density at radius 1 is 1.19 bits per heavy atom. The molecular formula is C21H23N3O2. The third kappa shape index (κ3) is 3.94. The van der Waals surface area contributed by atoms with E-state index in [2.05, 4.69) is 47.3 Å². The molecule has 3 aromatic rings. The zero-order valence-electron chi connectivity index (χ0n) is 15.3. The lowest BCUT2D eigenvalue weighted by atomic mass is 10.1. The van der Waals surface area contributed by atoms with Crippen molar-refractivity contribution in [2.45, 2.75) is 26.3 Å². The molecule has 0 aliphatic carbocycles. The molecule has 2 aromatic carbocycles. The number of hydrogen-bond acceptors (Lipinski definition) is 3. The van der Waals surface area contributed by atoms with Crippen molar-refractivity contribution >= 4 is 23.0 Å². The molecule has 3 rings (SSSR count). The molecule has 0 fully saturated rings. The number of carbonyl (C=O) groups is 1. The monoisotopic (exact) mass is 349 g/mol. The lowest BCUT2D eigenvalue weighted by molar-refractivity contribution is -0.120. The summed E-state index contributed by atoms with van der Waals surface area (Å²) in [5, 5.41) is 5.25. The van der Waals surface area contributed by atoms with Crippen LogP contribution in [0.15, 0.2) is 59.8 Å². The van der Waals surface area contributed by atoms with E-state index in [0.717, 1.165) is 27.8 Å². The molecule has 1 amide bonds. The molecule has 0 aliphatic rings. The van der Waals surface area contributed by atoms with E-state index in [0.29, 0.717) is 6.04 Å². The third-order valence-corrected chi connectivity index (χ3v) is 4.24. The lowest BCUT2D eigenvalue weighted by Gasteiger charge is -2.08. The predicted molar refractivity (Wildman–Crippen MR) is 105 cm³/mol. The standard InChI is InChI=1S/C21H23N3O2/c1-15(2)24-14-17(19-6-4-5-7-20(19)24)13-22-23-21(25)12-16-8-10-18(26-3)11-9-16/h4-11,13-15H,12H2,1-3H3,(H,23,25)/b22-13+. The second-order valence-corrected chi connectivity index (χ2v) is 6.42. The molecule has 0 radical (unpaired) electrons. The fraction of sp³-hybridized carbons (Fsp3) is 0.238. The summed E-state index contributed by atoms with van der Waals surface area (Å²) in [5.74, 6) is 0.618. The van der Waals surface area contributed by atoms with Gasteiger partial charge in [-0.25, -0.2) is 5.43 Å². The number of ether oxygens (including phenoxy) is 1. The van der Waals surface area contributed by atoms with Gasteiger partial charge in [0.15, 0.2) is 0 Å². The zero-order chi connectivity index (χ0) is 18.5. The maximum atomic E-state index is 12.1. The number of methoxy groups -OCH3 is 1. The molecule has 1 heterocycles. The van der Waals surface area contributed by atoms with Crippen molar-refractivity contribution in [3.63, 3.8) is 0 Å². The first-order chi connectivity index (χ1) is 12.6. The highest BCUT2D eigenvalue weighted by molar-refractivity contribution is 5.99. The number of nitrogens with zero attached hydrogens (tertiary/aromatic N) is 2. The van der Waals surface area contributed by atoms with Crippen LogP contribution in [0.1, 0.15) is 31.0 Å². The van der Waals surface area contributed by atoms with Crippen molar-refractivity contribution in [2.75, 3.05) is 7.11 Å². The van der Waals surface area contributed by atoms with Crippen LogP contribution in [0, 0.1) is 0 Å². The quantitative estimate of drug-likeness (QED) is 0.542. The number of rotatable bonds is 6. The number of hydrogen-bond donors (Lipinski definition) is 1. The number of para-hydroxylation sites is 1. The average molecular weight is 349 g/mol. The number of fused-ring (bicyclic) bond motifs is 1. The van der Waals surface area contributed by atoms with E-state index in [1.807, 2.05) is 36.4 Å². The summed E-state index contributed by atoms with van der Waals surface area (Å²) in [5.41, 5.74) is 5.66. The largest absolute Gasteiger partial charge is 0.497 e. The van der Waals surface area contributed by atoms with E-state index in [-0.39, 0.29) is 12.3 Å². The van der Waals surface area contributed by atoms with Crippen LogP contribution >= 0.6 is 0 Å². The number of hydrazone groups is 1. The fourth-order valence-corrected chi connectivity index (χ4v) is 2.90. The average Bonchev–Trinajstić information content (AvgIpc) is 3.02. The second kappa shape index (κ2) is 7.87. The van der Waals surface area contributed by atoms with Crippen LogP contribution in [0.2, 0.25) is 0 Å². The lowest BCUT2D eigenvalue weighted by Crippen LogP contribution is -2.19. The van der Waals surface area contributed by atoms with Gasteiger partial charge in [-0.2, -0.15) is 5.10 Å². The molecule has 0 bridgehead atoms. The van der Waals surface area contributed by atoms with Crippen molar-refractivity contribution in [2.24, 2.45) is 5.10 Å². The Kier molecular flexibility index (Phi) is 5.37. The van der Waals surface area contributed by atoms with Crippen LogP contribution in [0.25, 0.3) is 10.9 Å². The van der Waals surface area contributed by atoms with Crippen LogP contribution in [-0.4, -0.2) is 23.8 Å². The van der Waals surface area contributed by atoms with E-state index < -0.39 is 0 Å². The van der Waals surface area contributed by atoms with Gasteiger partial charge < -0.3 is 9.30 Å². The maximum Gasteiger partial charge on any atom is 0.244 e. The Balaban J connectivity index is 1.68. The molecular weight excluding hydrogens is 326 g/mol. The number of amides is 1. The summed E-state index contributed by atoms with van der Waals surface area (Å²) in [6.45, 7) is 4.29. The molecule has 5 nitrogen and oxygen atoms in total. The highest BCUT2D eigenvalue weighted by Gasteiger charge is 2.09. The third-order valence-electron chi connectivity index (χ3n) is 4.24. The predicted octanol–water partition coefficient (Wildman–Crippen LogP) is 3.92. The van der Waals surface area contributed by atoms with Crippen molar-refractivity contribution in [1.82, 2.24) is 9.99 Å². The number of benzene rings is 2. The normalized spacial score (nSPS) is 11.4. The Hall–Kier alpha value is -3.08. The SMILES string of the molecule is COc1ccc(CC(=O)N/N=C/c2cn(C(C)C)c3ccccc23)cc1. The molecule has 0 saturated carbocycles. The van der Waals surface area contributed by atoms with E-state index in [4.69, 9.17) is 4.74 Å². The van der Waals surface area contributed by atoms with Gasteiger partial charge in [0.25, 0.3) is 0 Å². The van der Waals surface area contributed by atoms with E-state index in [9.17, 15) is 4.79 Å². The minimum absolute atomic E-state index is 0.154. The van der Waals surface area contributed by atoms with Gasteiger partial charge in [0.2, 0.25) is 5.91 Å². The molecule has 26 heavy (non-hydrogen) atoms. The van der Waals surface area contributed by atoms with Crippen LogP contribution < -0.4 is 10.2 Å². The van der Waals surface area contributed by atoms with Crippen molar-refractivity contribution in [1.29, 1.82) is 0 Å². The van der Waals surface area contributed by atoms with Gasteiger partial charge in [-0.05, 0) is 37.6 Å². The molecule has 5 heteroatoms. The smallest absolute Gasteiger partial charge is 0.244 e. The first kappa shape index (κ1) is 17.7. The van der Waals surface area contributed by atoms with Gasteiger partial charge in [-0.15, -0.1) is 0 Å².